The van der Waals surface area contributed by atoms with Crippen LogP contribution in [0.5, 0.6) is 0 Å². The van der Waals surface area contributed by atoms with Gasteiger partial charge in [0.2, 0.25) is 0 Å². The van der Waals surface area contributed by atoms with Gasteiger partial charge in [-0.2, -0.15) is 0 Å². The van der Waals surface area contributed by atoms with Crippen LogP contribution < -0.4 is 0 Å². The molecule has 0 radical (unpaired) electrons. The molecule has 0 aliphatic heterocycles. The summed E-state index contributed by atoms with van der Waals surface area (Å²) < 4.78 is 0. The van der Waals surface area contributed by atoms with Gasteiger partial charge in [0.15, 0.2) is 0 Å². The lowest BCUT2D eigenvalue weighted by molar-refractivity contribution is 0.110. The first-order chi connectivity index (χ1) is 5.42. The zero-order valence-corrected chi connectivity index (χ0v) is 7.27. The van der Waals surface area contributed by atoms with E-state index in [1.54, 1.807) is 6.08 Å². The summed E-state index contributed by atoms with van der Waals surface area (Å²) in [4.78, 5) is 8.56. The fourth-order valence-corrected chi connectivity index (χ4v) is 0. The summed E-state index contributed by atoms with van der Waals surface area (Å²) in [5.74, 6) is 0. The summed E-state index contributed by atoms with van der Waals surface area (Å²) >= 11 is 0. The number of aliphatic hydroxyl groups excluding tert-OH is 2. The van der Waals surface area contributed by atoms with Crippen molar-refractivity contribution in [2.24, 2.45) is 0 Å². The summed E-state index contributed by atoms with van der Waals surface area (Å²) in [6.07, 6.45) is -0.644. The third-order valence-electron chi connectivity index (χ3n) is 0.264. The van der Waals surface area contributed by atoms with E-state index >= 15 is 0 Å². The van der Waals surface area contributed by atoms with Crippen LogP contribution in [0.2, 0.25) is 0 Å². The van der Waals surface area contributed by atoms with Gasteiger partial charge in [-0.15, -0.1) is 6.58 Å². The molecule has 12 heavy (non-hydrogen) atoms. The molecule has 5 nitrogen and oxygen atoms in total. The van der Waals surface area contributed by atoms with Gasteiger partial charge < -0.3 is 20.4 Å². The molecular weight excluding hydrogens is 164 g/mol. The average Bonchev–Trinajstić information content (AvgIpc) is 1.88. The second-order valence-corrected chi connectivity index (χ2v) is 1.72. The van der Waals surface area contributed by atoms with Gasteiger partial charge in [-0.3, -0.25) is 0 Å². The number of hydrogen-bond donors (Lipinski definition) is 4. The van der Waals surface area contributed by atoms with E-state index in [0.29, 0.717) is 0 Å². The van der Waals surface area contributed by atoms with Crippen LogP contribution in [0.1, 0.15) is 13.8 Å². The number of hydrogen-bond acceptors (Lipinski definition) is 3. The van der Waals surface area contributed by atoms with Crippen molar-refractivity contribution in [2.75, 3.05) is 6.61 Å². The molecule has 0 saturated carbocycles. The van der Waals surface area contributed by atoms with Crippen molar-refractivity contribution in [1.82, 2.24) is 0 Å². The van der Waals surface area contributed by atoms with E-state index in [1.807, 2.05) is 6.92 Å². The molecule has 1 unspecified atom stereocenters. The third-order valence-corrected chi connectivity index (χ3v) is 0.264. The quantitative estimate of drug-likeness (QED) is 0.447. The van der Waals surface area contributed by atoms with E-state index in [4.69, 9.17) is 25.2 Å². The zero-order chi connectivity index (χ0) is 10.6. The largest absolute Gasteiger partial charge is 0.503 e. The Kier molecular flexibility index (Phi) is 23.5. The topological polar surface area (TPSA) is 98.0 Å². The second-order valence-electron chi connectivity index (χ2n) is 1.72. The van der Waals surface area contributed by atoms with Crippen molar-refractivity contribution < 1.29 is 25.2 Å². The minimum Gasteiger partial charge on any atom is -0.450 e. The van der Waals surface area contributed by atoms with Crippen LogP contribution in [-0.2, 0) is 0 Å². The molecule has 5 heteroatoms. The van der Waals surface area contributed by atoms with Gasteiger partial charge >= 0.3 is 6.16 Å². The second kappa shape index (κ2) is 16.5. The molecule has 0 aromatic carbocycles. The summed E-state index contributed by atoms with van der Waals surface area (Å²) in [5, 5.41) is 29.9. The molecule has 1 atom stereocenters. The van der Waals surface area contributed by atoms with E-state index in [2.05, 4.69) is 6.58 Å². The molecule has 0 aromatic rings. The third kappa shape index (κ3) is 649. The van der Waals surface area contributed by atoms with Gasteiger partial charge in [-0.1, -0.05) is 6.08 Å². The molecule has 0 aliphatic carbocycles. The normalized spacial score (nSPS) is 9.33. The Bertz CT molecular complexity index is 96.0. The number of allylic oxidation sites excluding steroid dienone is 1. The summed E-state index contributed by atoms with van der Waals surface area (Å²) in [5.41, 5.74) is 0. The monoisotopic (exact) mass is 180 g/mol. The smallest absolute Gasteiger partial charge is 0.450 e. The fourth-order valence-electron chi connectivity index (χ4n) is 0. The standard InChI is InChI=1S/C3H8O2.C3H6.CH2O3/c1-3(5)2-4;1-3-2;2-1(3)4/h3-5H,2H2,1H3;3H,1H2,2H3;(H2,2,3,4). The SMILES string of the molecule is C=CC.CC(O)CO.O=C(O)O. The predicted molar refractivity (Wildman–Crippen MR) is 45.3 cm³/mol. The molecule has 4 N–H and O–H groups in total. The molecule has 0 saturated heterocycles. The van der Waals surface area contributed by atoms with Crippen LogP contribution in [0.25, 0.3) is 0 Å². The molecule has 0 aliphatic rings. The lowest BCUT2D eigenvalue weighted by Crippen LogP contribution is -2.03. The Hall–Kier alpha value is -1.07. The highest BCUT2D eigenvalue weighted by Crippen LogP contribution is 1.68. The Labute approximate surface area is 71.6 Å². The Balaban J connectivity index is -0.000000105. The molecule has 74 valence electrons. The van der Waals surface area contributed by atoms with Crippen molar-refractivity contribution in [3.8, 4) is 0 Å². The average molecular weight is 180 g/mol. The predicted octanol–water partition coefficient (Wildman–Crippen LogP) is 0.774. The summed E-state index contributed by atoms with van der Waals surface area (Å²) in [6.45, 7) is 6.64. The number of rotatable bonds is 1. The zero-order valence-electron chi connectivity index (χ0n) is 7.27. The van der Waals surface area contributed by atoms with Gasteiger partial charge in [0.05, 0.1) is 12.7 Å². The van der Waals surface area contributed by atoms with Crippen molar-refractivity contribution in [3.63, 3.8) is 0 Å². The fraction of sp³-hybridized carbons (Fsp3) is 0.571. The minimum atomic E-state index is -1.83. The molecular formula is C7H16O5. The number of carboxylic acid groups (broad SMARTS) is 2. The molecule has 0 heterocycles. The number of aliphatic hydroxyl groups is 2. The van der Waals surface area contributed by atoms with E-state index < -0.39 is 12.3 Å². The number of carbonyl (C=O) groups is 1. The molecule has 0 aromatic heterocycles. The van der Waals surface area contributed by atoms with Gasteiger partial charge in [-0.25, -0.2) is 4.79 Å². The van der Waals surface area contributed by atoms with Gasteiger partial charge in [0, 0.05) is 0 Å². The van der Waals surface area contributed by atoms with E-state index in [1.165, 1.54) is 6.92 Å². The Morgan fingerprint density at radius 3 is 1.67 bits per heavy atom. The van der Waals surface area contributed by atoms with E-state index in [-0.39, 0.29) is 6.61 Å². The lowest BCUT2D eigenvalue weighted by Gasteiger charge is -1.90. The maximum absolute atomic E-state index is 8.56. The van der Waals surface area contributed by atoms with Crippen LogP contribution >= 0.6 is 0 Å². The first-order valence-corrected chi connectivity index (χ1v) is 3.20. The summed E-state index contributed by atoms with van der Waals surface area (Å²) in [7, 11) is 0. The van der Waals surface area contributed by atoms with Crippen LogP contribution in [0.3, 0.4) is 0 Å². The first-order valence-electron chi connectivity index (χ1n) is 3.20. The maximum atomic E-state index is 8.56. The lowest BCUT2D eigenvalue weighted by atomic mass is 10.5. The highest BCUT2D eigenvalue weighted by molar-refractivity contribution is 5.53. The molecule has 0 fully saturated rings. The van der Waals surface area contributed by atoms with Gasteiger partial charge in [-0.05, 0) is 13.8 Å². The van der Waals surface area contributed by atoms with E-state index in [0.717, 1.165) is 0 Å². The molecule has 0 spiro atoms. The highest BCUT2D eigenvalue weighted by atomic mass is 16.6. The maximum Gasteiger partial charge on any atom is 0.503 e. The summed E-state index contributed by atoms with van der Waals surface area (Å²) in [6, 6.07) is 0. The van der Waals surface area contributed by atoms with Crippen LogP contribution in [0.4, 0.5) is 4.79 Å². The van der Waals surface area contributed by atoms with E-state index in [9.17, 15) is 0 Å². The van der Waals surface area contributed by atoms with Crippen LogP contribution in [0.15, 0.2) is 12.7 Å². The highest BCUT2D eigenvalue weighted by Gasteiger charge is 1.83. The minimum absolute atomic E-state index is 0.139. The van der Waals surface area contributed by atoms with Gasteiger partial charge in [0.1, 0.15) is 0 Å². The molecule has 0 bridgehead atoms. The van der Waals surface area contributed by atoms with Crippen LogP contribution in [-0.4, -0.2) is 39.3 Å². The Morgan fingerprint density at radius 1 is 1.58 bits per heavy atom. The van der Waals surface area contributed by atoms with Gasteiger partial charge in [0.25, 0.3) is 0 Å². The van der Waals surface area contributed by atoms with Crippen molar-refractivity contribution in [2.45, 2.75) is 20.0 Å². The van der Waals surface area contributed by atoms with Crippen molar-refractivity contribution in [3.05, 3.63) is 12.7 Å². The molecule has 0 amide bonds. The first kappa shape index (κ1) is 17.1. The molecule has 0 rings (SSSR count). The van der Waals surface area contributed by atoms with Crippen molar-refractivity contribution >= 4 is 6.16 Å². The van der Waals surface area contributed by atoms with Crippen LogP contribution in [0, 0.1) is 0 Å². The van der Waals surface area contributed by atoms with Crippen molar-refractivity contribution in [1.29, 1.82) is 0 Å². The Morgan fingerprint density at radius 2 is 1.67 bits per heavy atom.